The van der Waals surface area contributed by atoms with E-state index in [9.17, 15) is 0 Å². The van der Waals surface area contributed by atoms with E-state index in [1.807, 2.05) is 12.4 Å². The van der Waals surface area contributed by atoms with Crippen LogP contribution in [0, 0.1) is 0 Å². The van der Waals surface area contributed by atoms with Crippen LogP contribution in [-0.2, 0) is 19.4 Å². The van der Waals surface area contributed by atoms with E-state index in [2.05, 4.69) is 28.1 Å². The molecule has 0 radical (unpaired) electrons. The number of aromatic nitrogens is 2. The second-order valence-electron chi connectivity index (χ2n) is 6.83. The van der Waals surface area contributed by atoms with E-state index < -0.39 is 0 Å². The molecule has 4 rings (SSSR count). The third-order valence-corrected chi connectivity index (χ3v) is 5.07. The van der Waals surface area contributed by atoms with E-state index in [0.717, 1.165) is 37.4 Å². The van der Waals surface area contributed by atoms with E-state index in [4.69, 9.17) is 10.7 Å². The van der Waals surface area contributed by atoms with Gasteiger partial charge in [-0.05, 0) is 43.2 Å². The van der Waals surface area contributed by atoms with Crippen molar-refractivity contribution in [2.45, 2.75) is 44.7 Å². The van der Waals surface area contributed by atoms with Crippen LogP contribution in [-0.4, -0.2) is 34.0 Å². The molecule has 120 valence electrons. The van der Waals surface area contributed by atoms with Gasteiger partial charge in [-0.3, -0.25) is 14.9 Å². The second-order valence-corrected chi connectivity index (χ2v) is 6.83. The van der Waals surface area contributed by atoms with Gasteiger partial charge >= 0.3 is 0 Å². The molecule has 1 aromatic carbocycles. The van der Waals surface area contributed by atoms with Gasteiger partial charge < -0.3 is 5.73 Å². The molecule has 1 aliphatic heterocycles. The first-order valence-electron chi connectivity index (χ1n) is 8.69. The number of nitrogens with zero attached hydrogens (tertiary/aromatic N) is 3. The minimum absolute atomic E-state index is 0.318. The summed E-state index contributed by atoms with van der Waals surface area (Å²) in [5.74, 6) is 0. The molecule has 1 unspecified atom stereocenters. The lowest BCUT2D eigenvalue weighted by molar-refractivity contribution is 0.322. The molecule has 2 aromatic rings. The Morgan fingerprint density at radius 1 is 1.13 bits per heavy atom. The molecule has 1 atom stereocenters. The maximum atomic E-state index is 5.97. The number of benzene rings is 1. The Hall–Kier alpha value is -1.78. The maximum Gasteiger partial charge on any atom is 0.0888 e. The largest absolute Gasteiger partial charge is 0.326 e. The quantitative estimate of drug-likeness (QED) is 0.947. The Bertz CT molecular complexity index is 680. The second kappa shape index (κ2) is 6.38. The summed E-state index contributed by atoms with van der Waals surface area (Å²) in [5.41, 5.74) is 12.2. The molecule has 1 aromatic heterocycles. The summed E-state index contributed by atoms with van der Waals surface area (Å²) >= 11 is 0. The Morgan fingerprint density at radius 3 is 2.83 bits per heavy atom. The van der Waals surface area contributed by atoms with Crippen molar-refractivity contribution in [3.05, 3.63) is 47.4 Å². The number of rotatable bonds is 3. The zero-order valence-corrected chi connectivity index (χ0v) is 13.5. The van der Waals surface area contributed by atoms with Crippen LogP contribution in [0.1, 0.15) is 36.1 Å². The van der Waals surface area contributed by atoms with E-state index in [1.54, 1.807) is 0 Å². The van der Waals surface area contributed by atoms with Crippen LogP contribution in [0.4, 0.5) is 0 Å². The summed E-state index contributed by atoms with van der Waals surface area (Å²) in [4.78, 5) is 11.7. The molecule has 1 aliphatic carbocycles. The SMILES string of the molecule is NC1CCN(Cc2cnc(-c3cccc4c3CCCC4)cn2)C1. The molecule has 0 spiro atoms. The van der Waals surface area contributed by atoms with Gasteiger partial charge in [-0.25, -0.2) is 0 Å². The van der Waals surface area contributed by atoms with Gasteiger partial charge in [0.15, 0.2) is 0 Å². The molecule has 1 fully saturated rings. The lowest BCUT2D eigenvalue weighted by Crippen LogP contribution is -2.26. The smallest absolute Gasteiger partial charge is 0.0888 e. The van der Waals surface area contributed by atoms with Crippen molar-refractivity contribution in [3.8, 4) is 11.3 Å². The lowest BCUT2D eigenvalue weighted by Gasteiger charge is -2.19. The maximum absolute atomic E-state index is 5.97. The Balaban J connectivity index is 1.54. The summed E-state index contributed by atoms with van der Waals surface area (Å²) in [6, 6.07) is 6.92. The normalized spacial score (nSPS) is 21.3. The van der Waals surface area contributed by atoms with Crippen LogP contribution >= 0.6 is 0 Å². The van der Waals surface area contributed by atoms with Gasteiger partial charge in [-0.1, -0.05) is 18.2 Å². The van der Waals surface area contributed by atoms with Gasteiger partial charge in [0.1, 0.15) is 0 Å². The van der Waals surface area contributed by atoms with Gasteiger partial charge in [0.25, 0.3) is 0 Å². The predicted molar refractivity (Wildman–Crippen MR) is 92.0 cm³/mol. The van der Waals surface area contributed by atoms with Crippen LogP contribution in [0.3, 0.4) is 0 Å². The van der Waals surface area contributed by atoms with Crippen LogP contribution in [0.2, 0.25) is 0 Å². The Labute approximate surface area is 137 Å². The number of fused-ring (bicyclic) bond motifs is 1. The van der Waals surface area contributed by atoms with Gasteiger partial charge in [0.05, 0.1) is 23.8 Å². The van der Waals surface area contributed by atoms with Crippen molar-refractivity contribution >= 4 is 0 Å². The lowest BCUT2D eigenvalue weighted by atomic mass is 9.87. The highest BCUT2D eigenvalue weighted by molar-refractivity contribution is 5.65. The fraction of sp³-hybridized carbons (Fsp3) is 0.474. The van der Waals surface area contributed by atoms with Crippen molar-refractivity contribution in [2.75, 3.05) is 13.1 Å². The minimum atomic E-state index is 0.318. The molecule has 0 saturated carbocycles. The topological polar surface area (TPSA) is 55.0 Å². The zero-order valence-electron chi connectivity index (χ0n) is 13.5. The predicted octanol–water partition coefficient (Wildman–Crippen LogP) is 2.56. The van der Waals surface area contributed by atoms with E-state index in [0.29, 0.717) is 6.04 Å². The molecule has 4 heteroatoms. The van der Waals surface area contributed by atoms with Crippen LogP contribution in [0.15, 0.2) is 30.6 Å². The fourth-order valence-electron chi connectivity index (χ4n) is 3.83. The standard InChI is InChI=1S/C19H24N4/c20-15-8-9-23(12-15)13-16-10-22-19(11-21-16)18-7-3-5-14-4-1-2-6-17(14)18/h3,5,7,10-11,15H,1-2,4,6,8-9,12-13,20H2. The first-order valence-corrected chi connectivity index (χ1v) is 8.69. The summed E-state index contributed by atoms with van der Waals surface area (Å²) in [6.07, 6.45) is 9.91. The zero-order chi connectivity index (χ0) is 15.6. The molecule has 2 N–H and O–H groups in total. The fourth-order valence-corrected chi connectivity index (χ4v) is 3.83. The summed E-state index contributed by atoms with van der Waals surface area (Å²) in [6.45, 7) is 2.89. The minimum Gasteiger partial charge on any atom is -0.326 e. The Kier molecular flexibility index (Phi) is 4.10. The van der Waals surface area contributed by atoms with Crippen molar-refractivity contribution in [1.82, 2.24) is 14.9 Å². The molecule has 2 heterocycles. The summed E-state index contributed by atoms with van der Waals surface area (Å²) in [5, 5.41) is 0. The third-order valence-electron chi connectivity index (χ3n) is 5.07. The molecule has 23 heavy (non-hydrogen) atoms. The molecule has 2 aliphatic rings. The molecule has 1 saturated heterocycles. The first kappa shape index (κ1) is 14.8. The highest BCUT2D eigenvalue weighted by Crippen LogP contribution is 2.30. The molecular weight excluding hydrogens is 284 g/mol. The summed E-state index contributed by atoms with van der Waals surface area (Å²) in [7, 11) is 0. The molecule has 4 nitrogen and oxygen atoms in total. The van der Waals surface area contributed by atoms with Crippen molar-refractivity contribution in [2.24, 2.45) is 5.73 Å². The van der Waals surface area contributed by atoms with Crippen molar-refractivity contribution in [1.29, 1.82) is 0 Å². The van der Waals surface area contributed by atoms with Gasteiger partial charge in [0.2, 0.25) is 0 Å². The summed E-state index contributed by atoms with van der Waals surface area (Å²) < 4.78 is 0. The number of nitrogens with two attached hydrogens (primary N) is 1. The van der Waals surface area contributed by atoms with E-state index in [-0.39, 0.29) is 0 Å². The number of hydrogen-bond donors (Lipinski definition) is 1. The molecule has 0 bridgehead atoms. The van der Waals surface area contributed by atoms with Gasteiger partial charge in [-0.15, -0.1) is 0 Å². The van der Waals surface area contributed by atoms with Crippen LogP contribution in [0.5, 0.6) is 0 Å². The van der Waals surface area contributed by atoms with Crippen molar-refractivity contribution < 1.29 is 0 Å². The third kappa shape index (κ3) is 3.14. The van der Waals surface area contributed by atoms with Gasteiger partial charge in [0, 0.05) is 31.2 Å². The first-order chi connectivity index (χ1) is 11.3. The molecular formula is C19H24N4. The average Bonchev–Trinajstić information content (AvgIpc) is 3.00. The monoisotopic (exact) mass is 308 g/mol. The average molecular weight is 308 g/mol. The Morgan fingerprint density at radius 2 is 2.04 bits per heavy atom. The molecule has 0 amide bonds. The van der Waals surface area contributed by atoms with Crippen LogP contribution in [0.25, 0.3) is 11.3 Å². The highest BCUT2D eigenvalue weighted by Gasteiger charge is 2.20. The number of hydrogen-bond acceptors (Lipinski definition) is 4. The van der Waals surface area contributed by atoms with E-state index >= 15 is 0 Å². The number of likely N-dealkylation sites (tertiary alicyclic amines) is 1. The van der Waals surface area contributed by atoms with Gasteiger partial charge in [-0.2, -0.15) is 0 Å². The van der Waals surface area contributed by atoms with Crippen LogP contribution < -0.4 is 5.73 Å². The van der Waals surface area contributed by atoms with Crippen molar-refractivity contribution in [3.63, 3.8) is 0 Å². The highest BCUT2D eigenvalue weighted by atomic mass is 15.2. The van der Waals surface area contributed by atoms with E-state index in [1.165, 1.54) is 42.4 Å². The number of aryl methyl sites for hydroxylation is 1.